The van der Waals surface area contributed by atoms with Gasteiger partial charge in [-0.1, -0.05) is 0 Å². The number of piperidine rings is 1. The highest BCUT2D eigenvalue weighted by Crippen LogP contribution is 2.44. The van der Waals surface area contributed by atoms with E-state index in [0.717, 1.165) is 0 Å². The molecule has 1 rings (SSSR count). The predicted molar refractivity (Wildman–Crippen MR) is 81.0 cm³/mol. The summed E-state index contributed by atoms with van der Waals surface area (Å²) in [5.41, 5.74) is 0. The van der Waals surface area contributed by atoms with E-state index in [1.165, 1.54) is 0 Å². The van der Waals surface area contributed by atoms with E-state index < -0.39 is 91.3 Å². The standard InChI is InChI=1S/C16H18F15NO/c1-6(12(19,20)10(17)16(29,30)31)33-7(2)13(21,22)11(18)32-4-8(14(23,24)25)3-9(5-32)15(26,27)28/h6-11H,3-5H2,1-2H3. The second-order valence-electron chi connectivity index (χ2n) is 7.68. The second-order valence-corrected chi connectivity index (χ2v) is 7.68. The minimum atomic E-state index is -6.12. The van der Waals surface area contributed by atoms with Crippen molar-refractivity contribution in [2.24, 2.45) is 11.8 Å². The molecular weight excluding hydrogens is 507 g/mol. The highest BCUT2D eigenvalue weighted by Gasteiger charge is 2.62. The van der Waals surface area contributed by atoms with Crippen molar-refractivity contribution in [1.29, 1.82) is 0 Å². The lowest BCUT2D eigenvalue weighted by Crippen LogP contribution is -2.59. The van der Waals surface area contributed by atoms with Gasteiger partial charge in [0.15, 0.2) is 0 Å². The van der Waals surface area contributed by atoms with E-state index in [1.807, 2.05) is 0 Å². The van der Waals surface area contributed by atoms with Gasteiger partial charge in [0.1, 0.15) is 12.2 Å². The van der Waals surface area contributed by atoms with Gasteiger partial charge >= 0.3 is 30.4 Å². The maximum absolute atomic E-state index is 14.5. The summed E-state index contributed by atoms with van der Waals surface area (Å²) >= 11 is 0. The summed E-state index contributed by atoms with van der Waals surface area (Å²) < 4.78 is 201. The molecule has 0 bridgehead atoms. The maximum Gasteiger partial charge on any atom is 0.425 e. The van der Waals surface area contributed by atoms with Crippen LogP contribution in [0.2, 0.25) is 0 Å². The Morgan fingerprint density at radius 3 is 1.36 bits per heavy atom. The lowest BCUT2D eigenvalue weighted by Gasteiger charge is -2.43. The molecule has 1 aliphatic heterocycles. The van der Waals surface area contributed by atoms with E-state index in [1.54, 1.807) is 0 Å². The number of halogens is 15. The van der Waals surface area contributed by atoms with E-state index in [2.05, 4.69) is 4.74 Å². The first kappa shape index (κ1) is 29.9. The van der Waals surface area contributed by atoms with E-state index in [-0.39, 0.29) is 13.8 Å². The Morgan fingerprint density at radius 2 is 1.03 bits per heavy atom. The van der Waals surface area contributed by atoms with Gasteiger partial charge in [0, 0.05) is 13.1 Å². The SMILES string of the molecule is CC(OC(C)C(F)(F)C(F)C(F)(F)F)C(F)(F)C(F)N1CC(C(F)(F)F)CC(C(F)(F)F)C1. The molecule has 198 valence electrons. The lowest BCUT2D eigenvalue weighted by molar-refractivity contribution is -0.295. The van der Waals surface area contributed by atoms with Crippen LogP contribution >= 0.6 is 0 Å². The van der Waals surface area contributed by atoms with Gasteiger partial charge < -0.3 is 4.74 Å². The summed E-state index contributed by atoms with van der Waals surface area (Å²) in [5, 5.41) is 0. The fourth-order valence-electron chi connectivity index (χ4n) is 3.14. The molecule has 1 saturated heterocycles. The number of hydrogen-bond acceptors (Lipinski definition) is 2. The summed E-state index contributed by atoms with van der Waals surface area (Å²) in [4.78, 5) is -0.490. The Hall–Kier alpha value is -1.13. The largest absolute Gasteiger partial charge is 0.425 e. The van der Waals surface area contributed by atoms with Gasteiger partial charge in [-0.05, 0) is 20.3 Å². The minimum Gasteiger partial charge on any atom is -0.363 e. The highest BCUT2D eigenvalue weighted by molar-refractivity contribution is 4.94. The van der Waals surface area contributed by atoms with Crippen molar-refractivity contribution in [2.75, 3.05) is 13.1 Å². The summed E-state index contributed by atoms with van der Waals surface area (Å²) in [7, 11) is 0. The first-order valence-corrected chi connectivity index (χ1v) is 9.06. The fourth-order valence-corrected chi connectivity index (χ4v) is 3.14. The van der Waals surface area contributed by atoms with Crippen LogP contribution in [0.5, 0.6) is 0 Å². The molecule has 2 nitrogen and oxygen atoms in total. The summed E-state index contributed by atoms with van der Waals surface area (Å²) in [6.07, 6.45) is -33.4. The minimum absolute atomic E-state index is 0.0540. The van der Waals surface area contributed by atoms with E-state index in [0.29, 0.717) is 0 Å². The zero-order valence-corrected chi connectivity index (χ0v) is 16.6. The summed E-state index contributed by atoms with van der Waals surface area (Å²) in [5.74, 6) is -16.2. The first-order chi connectivity index (χ1) is 14.4. The molecule has 0 radical (unpaired) electrons. The number of rotatable bonds is 7. The van der Waals surface area contributed by atoms with Crippen molar-refractivity contribution in [2.45, 2.75) is 75.3 Å². The lowest BCUT2D eigenvalue weighted by atomic mass is 9.87. The summed E-state index contributed by atoms with van der Waals surface area (Å²) in [6, 6.07) is 0. The molecule has 0 aromatic rings. The normalized spacial score (nSPS) is 26.1. The van der Waals surface area contributed by atoms with Crippen molar-refractivity contribution in [3.05, 3.63) is 0 Å². The van der Waals surface area contributed by atoms with E-state index >= 15 is 0 Å². The van der Waals surface area contributed by atoms with Crippen LogP contribution in [0.15, 0.2) is 0 Å². The average Bonchev–Trinajstić information content (AvgIpc) is 2.63. The zero-order chi connectivity index (χ0) is 26.4. The van der Waals surface area contributed by atoms with Gasteiger partial charge in [-0.3, -0.25) is 4.90 Å². The topological polar surface area (TPSA) is 12.5 Å². The first-order valence-electron chi connectivity index (χ1n) is 9.06. The fraction of sp³-hybridized carbons (Fsp3) is 1.00. The van der Waals surface area contributed by atoms with E-state index in [9.17, 15) is 65.9 Å². The van der Waals surface area contributed by atoms with Crippen molar-refractivity contribution in [1.82, 2.24) is 4.90 Å². The molecule has 0 aromatic carbocycles. The molecule has 0 aliphatic carbocycles. The molecular formula is C16H18F15NO. The van der Waals surface area contributed by atoms with Gasteiger partial charge in [0.05, 0.1) is 11.8 Å². The predicted octanol–water partition coefficient (Wildman–Crippen LogP) is 6.31. The van der Waals surface area contributed by atoms with Crippen molar-refractivity contribution >= 4 is 0 Å². The second kappa shape index (κ2) is 9.49. The zero-order valence-electron chi connectivity index (χ0n) is 16.6. The molecule has 1 aliphatic rings. The van der Waals surface area contributed by atoms with Crippen LogP contribution in [0.4, 0.5) is 65.9 Å². The third kappa shape index (κ3) is 6.94. The number of nitrogens with zero attached hydrogens (tertiary/aromatic N) is 1. The Balaban J connectivity index is 3.08. The molecule has 33 heavy (non-hydrogen) atoms. The van der Waals surface area contributed by atoms with E-state index in [4.69, 9.17) is 0 Å². The Labute approximate surface area is 177 Å². The molecule has 0 spiro atoms. The molecule has 0 saturated carbocycles. The van der Waals surface area contributed by atoms with Gasteiger partial charge in [-0.25, -0.2) is 17.6 Å². The Kier molecular flexibility index (Phi) is 8.60. The maximum atomic E-state index is 14.5. The Morgan fingerprint density at radius 1 is 0.667 bits per heavy atom. The summed E-state index contributed by atoms with van der Waals surface area (Å²) in [6.45, 7) is -3.07. The molecule has 0 amide bonds. The van der Waals surface area contributed by atoms with Gasteiger partial charge in [0.25, 0.3) is 6.17 Å². The molecule has 1 fully saturated rings. The van der Waals surface area contributed by atoms with Gasteiger partial charge in [0.2, 0.25) is 6.30 Å². The third-order valence-corrected chi connectivity index (χ3v) is 5.16. The average molecular weight is 525 g/mol. The molecule has 6 atom stereocenters. The smallest absolute Gasteiger partial charge is 0.363 e. The number of hydrogen-bond donors (Lipinski definition) is 0. The highest BCUT2D eigenvalue weighted by atomic mass is 19.4. The van der Waals surface area contributed by atoms with Crippen LogP contribution in [-0.2, 0) is 4.74 Å². The van der Waals surface area contributed by atoms with Crippen LogP contribution in [0.1, 0.15) is 20.3 Å². The van der Waals surface area contributed by atoms with Gasteiger partial charge in [-0.2, -0.15) is 48.3 Å². The number of likely N-dealkylation sites (tertiary alicyclic amines) is 1. The van der Waals surface area contributed by atoms with Gasteiger partial charge in [-0.15, -0.1) is 0 Å². The molecule has 1 heterocycles. The molecule has 0 N–H and O–H groups in total. The van der Waals surface area contributed by atoms with Crippen LogP contribution in [-0.4, -0.2) is 73.0 Å². The monoisotopic (exact) mass is 525 g/mol. The van der Waals surface area contributed by atoms with Crippen molar-refractivity contribution in [3.8, 4) is 0 Å². The van der Waals surface area contributed by atoms with Crippen LogP contribution in [0, 0.1) is 11.8 Å². The molecule has 0 aromatic heterocycles. The van der Waals surface area contributed by atoms with Crippen molar-refractivity contribution in [3.63, 3.8) is 0 Å². The number of ether oxygens (including phenoxy) is 1. The van der Waals surface area contributed by atoms with Crippen molar-refractivity contribution < 1.29 is 70.6 Å². The van der Waals surface area contributed by atoms with Crippen LogP contribution in [0.25, 0.3) is 0 Å². The quantitative estimate of drug-likeness (QED) is 0.286. The Bertz CT molecular complexity index is 621. The van der Waals surface area contributed by atoms with Crippen LogP contribution in [0.3, 0.4) is 0 Å². The number of alkyl halides is 15. The third-order valence-electron chi connectivity index (χ3n) is 5.16. The molecule has 6 unspecified atom stereocenters. The van der Waals surface area contributed by atoms with Crippen LogP contribution < -0.4 is 0 Å². The molecule has 17 heteroatoms.